The van der Waals surface area contributed by atoms with Gasteiger partial charge in [-0.05, 0) is 36.4 Å². The van der Waals surface area contributed by atoms with E-state index in [1.807, 2.05) is 0 Å². The van der Waals surface area contributed by atoms with Crippen molar-refractivity contribution in [3.63, 3.8) is 0 Å². The summed E-state index contributed by atoms with van der Waals surface area (Å²) in [7, 11) is 0. The second-order valence-corrected chi connectivity index (χ2v) is 9.46. The Hall–Kier alpha value is -4.43. The summed E-state index contributed by atoms with van der Waals surface area (Å²) < 4.78 is 95.2. The van der Waals surface area contributed by atoms with Crippen LogP contribution in [0.15, 0.2) is 60.7 Å². The van der Waals surface area contributed by atoms with Gasteiger partial charge >= 0.3 is 36.2 Å². The molecule has 218 valence electrons. The molecule has 1 spiro atoms. The summed E-state index contributed by atoms with van der Waals surface area (Å²) in [5, 5.41) is 0. The van der Waals surface area contributed by atoms with Crippen LogP contribution in [0.2, 0.25) is 0 Å². The number of benzene rings is 2. The van der Waals surface area contributed by atoms with Crippen molar-refractivity contribution in [2.75, 3.05) is 37.6 Å². The van der Waals surface area contributed by atoms with E-state index < -0.39 is 60.0 Å². The molecule has 0 radical (unpaired) electrons. The zero-order chi connectivity index (χ0) is 29.6. The first kappa shape index (κ1) is 28.1. The summed E-state index contributed by atoms with van der Waals surface area (Å²) in [4.78, 5) is 41.8. The molecule has 0 aliphatic carbocycles. The van der Waals surface area contributed by atoms with Gasteiger partial charge in [-0.25, -0.2) is 19.3 Å². The SMILES string of the molecule is O=C1C=CC(=O)OC2(CN(c3cccc(C(F)(F)F)c3)CCN2C(=O)N2CC(Oc3cccc(C(F)(F)F)c3)C2)O1. The number of amides is 2. The molecule has 0 bridgehead atoms. The van der Waals surface area contributed by atoms with Gasteiger partial charge in [-0.15, -0.1) is 0 Å². The number of likely N-dealkylation sites (tertiary alicyclic amines) is 1. The van der Waals surface area contributed by atoms with Crippen molar-refractivity contribution in [1.29, 1.82) is 0 Å². The van der Waals surface area contributed by atoms with Crippen molar-refractivity contribution in [1.82, 2.24) is 9.80 Å². The average molecular weight is 585 g/mol. The van der Waals surface area contributed by atoms with Crippen molar-refractivity contribution in [2.24, 2.45) is 0 Å². The van der Waals surface area contributed by atoms with Crippen molar-refractivity contribution < 1.29 is 54.9 Å². The van der Waals surface area contributed by atoms with Gasteiger partial charge < -0.3 is 24.0 Å². The van der Waals surface area contributed by atoms with Crippen LogP contribution in [0, 0.1) is 0 Å². The number of esters is 2. The van der Waals surface area contributed by atoms with Crippen molar-refractivity contribution >= 4 is 23.7 Å². The number of ether oxygens (including phenoxy) is 3. The summed E-state index contributed by atoms with van der Waals surface area (Å²) in [5.41, 5.74) is -1.73. The second kappa shape index (κ2) is 10.2. The van der Waals surface area contributed by atoms with Gasteiger partial charge in [-0.2, -0.15) is 26.3 Å². The first-order chi connectivity index (χ1) is 19.2. The first-order valence-electron chi connectivity index (χ1n) is 12.2. The fraction of sp³-hybridized carbons (Fsp3) is 0.346. The Balaban J connectivity index is 1.33. The molecule has 3 heterocycles. The molecular weight excluding hydrogens is 564 g/mol. The van der Waals surface area contributed by atoms with E-state index in [0.717, 1.165) is 41.3 Å². The predicted molar refractivity (Wildman–Crippen MR) is 127 cm³/mol. The number of carbonyl (C=O) groups excluding carboxylic acids is 3. The molecule has 2 aromatic rings. The maximum Gasteiger partial charge on any atom is 0.416 e. The molecule has 3 aliphatic heterocycles. The monoisotopic (exact) mass is 585 g/mol. The number of alkyl halides is 6. The van der Waals surface area contributed by atoms with Crippen LogP contribution in [-0.2, 0) is 31.4 Å². The smallest absolute Gasteiger partial charge is 0.416 e. The number of piperazine rings is 1. The van der Waals surface area contributed by atoms with Gasteiger partial charge in [0.25, 0.3) is 0 Å². The molecule has 0 atom stereocenters. The van der Waals surface area contributed by atoms with E-state index in [2.05, 4.69) is 0 Å². The Kier molecular flexibility index (Phi) is 6.99. The highest BCUT2D eigenvalue weighted by atomic mass is 19.4. The van der Waals surface area contributed by atoms with Gasteiger partial charge in [0, 0.05) is 30.9 Å². The van der Waals surface area contributed by atoms with Gasteiger partial charge in [0.15, 0.2) is 0 Å². The summed E-state index contributed by atoms with van der Waals surface area (Å²) in [6, 6.07) is 7.89. The van der Waals surface area contributed by atoms with E-state index in [-0.39, 0.29) is 37.6 Å². The highest BCUT2D eigenvalue weighted by Gasteiger charge is 2.54. The Bertz CT molecular complexity index is 1370. The van der Waals surface area contributed by atoms with Crippen molar-refractivity contribution in [3.8, 4) is 5.75 Å². The van der Waals surface area contributed by atoms with Gasteiger partial charge in [0.2, 0.25) is 0 Å². The molecule has 3 aliphatic rings. The number of halogens is 6. The lowest BCUT2D eigenvalue weighted by molar-refractivity contribution is -0.270. The number of hydrogen-bond acceptors (Lipinski definition) is 7. The van der Waals surface area contributed by atoms with E-state index in [9.17, 15) is 40.7 Å². The van der Waals surface area contributed by atoms with Gasteiger partial charge in [-0.1, -0.05) is 12.1 Å². The second-order valence-electron chi connectivity index (χ2n) is 9.46. The van der Waals surface area contributed by atoms with E-state index in [0.29, 0.717) is 0 Å². The highest BCUT2D eigenvalue weighted by molar-refractivity contribution is 5.94. The summed E-state index contributed by atoms with van der Waals surface area (Å²) >= 11 is 0. The van der Waals surface area contributed by atoms with E-state index in [1.165, 1.54) is 34.1 Å². The number of urea groups is 1. The van der Waals surface area contributed by atoms with Crippen LogP contribution in [0.1, 0.15) is 11.1 Å². The summed E-state index contributed by atoms with van der Waals surface area (Å²) in [5.74, 6) is -4.39. The summed E-state index contributed by atoms with van der Waals surface area (Å²) in [6.45, 7) is -0.796. The molecule has 2 saturated heterocycles. The number of nitrogens with zero attached hydrogens (tertiary/aromatic N) is 3. The van der Waals surface area contributed by atoms with Crippen molar-refractivity contribution in [3.05, 3.63) is 71.8 Å². The molecular formula is C26H21F6N3O6. The Morgan fingerprint density at radius 1 is 0.854 bits per heavy atom. The van der Waals surface area contributed by atoms with E-state index >= 15 is 0 Å². The first-order valence-corrected chi connectivity index (χ1v) is 12.2. The van der Waals surface area contributed by atoms with E-state index in [1.54, 1.807) is 0 Å². The summed E-state index contributed by atoms with van der Waals surface area (Å²) in [6.07, 6.45) is -8.24. The van der Waals surface area contributed by atoms with Crippen LogP contribution in [0.3, 0.4) is 0 Å². The third-order valence-electron chi connectivity index (χ3n) is 6.62. The maximum atomic E-state index is 13.5. The van der Waals surface area contributed by atoms with Crippen LogP contribution in [-0.4, -0.2) is 72.5 Å². The van der Waals surface area contributed by atoms with Crippen molar-refractivity contribution in [2.45, 2.75) is 24.4 Å². The molecule has 2 aromatic carbocycles. The van der Waals surface area contributed by atoms with Crippen LogP contribution in [0.25, 0.3) is 0 Å². The van der Waals surface area contributed by atoms with Crippen LogP contribution in [0.5, 0.6) is 5.75 Å². The number of anilines is 1. The topological polar surface area (TPSA) is 88.6 Å². The molecule has 0 N–H and O–H groups in total. The molecule has 2 amide bonds. The molecule has 2 fully saturated rings. The molecule has 0 aromatic heterocycles. The Morgan fingerprint density at radius 2 is 1.44 bits per heavy atom. The molecule has 15 heteroatoms. The molecule has 9 nitrogen and oxygen atoms in total. The van der Waals surface area contributed by atoms with Crippen LogP contribution >= 0.6 is 0 Å². The Labute approximate surface area is 228 Å². The molecule has 5 rings (SSSR count). The van der Waals surface area contributed by atoms with Crippen LogP contribution in [0.4, 0.5) is 36.8 Å². The lowest BCUT2D eigenvalue weighted by Gasteiger charge is -2.50. The van der Waals surface area contributed by atoms with E-state index in [4.69, 9.17) is 14.2 Å². The average Bonchev–Trinajstić information content (AvgIpc) is 3.02. The zero-order valence-corrected chi connectivity index (χ0v) is 20.9. The molecule has 41 heavy (non-hydrogen) atoms. The lowest BCUT2D eigenvalue weighted by Crippen LogP contribution is -2.71. The standard InChI is InChI=1S/C26H21F6N3O6/c27-25(28,29)16-3-1-5-18(11-16)33-9-10-35(24(15-33)40-21(36)7-8-22(37)41-24)23(38)34-13-20(14-34)39-19-6-2-4-17(12-19)26(30,31)32/h1-8,11-12,20H,9-10,13-15H2. The minimum atomic E-state index is -4.62. The van der Waals surface area contributed by atoms with Gasteiger partial charge in [0.05, 0.1) is 24.2 Å². The minimum Gasteiger partial charge on any atom is -0.487 e. The normalized spacial score (nSPS) is 19.4. The minimum absolute atomic E-state index is 0.00463. The lowest BCUT2D eigenvalue weighted by atomic mass is 10.1. The number of hydrogen-bond donors (Lipinski definition) is 0. The molecule has 0 saturated carbocycles. The quantitative estimate of drug-likeness (QED) is 0.397. The zero-order valence-electron chi connectivity index (χ0n) is 20.9. The number of rotatable bonds is 3. The number of carbonyl (C=O) groups is 3. The third-order valence-corrected chi connectivity index (χ3v) is 6.62. The largest absolute Gasteiger partial charge is 0.487 e. The molecule has 0 unspecified atom stereocenters. The maximum absolute atomic E-state index is 13.5. The third kappa shape index (κ3) is 5.88. The fourth-order valence-corrected chi connectivity index (χ4v) is 4.63. The van der Waals surface area contributed by atoms with Gasteiger partial charge in [-0.3, -0.25) is 0 Å². The predicted octanol–water partition coefficient (Wildman–Crippen LogP) is 4.04. The van der Waals surface area contributed by atoms with Gasteiger partial charge in [0.1, 0.15) is 18.4 Å². The highest BCUT2D eigenvalue weighted by Crippen LogP contribution is 2.36. The fourth-order valence-electron chi connectivity index (χ4n) is 4.63. The van der Waals surface area contributed by atoms with Crippen LogP contribution < -0.4 is 9.64 Å². The Morgan fingerprint density at radius 3 is 2.05 bits per heavy atom.